The number of hydrogen-bond acceptors (Lipinski definition) is 4. The first kappa shape index (κ1) is 18.4. The Hall–Kier alpha value is -1.98. The lowest BCUT2D eigenvalue weighted by atomic mass is 10.2. The van der Waals surface area contributed by atoms with Gasteiger partial charge in [0.1, 0.15) is 0 Å². The van der Waals surface area contributed by atoms with Crippen molar-refractivity contribution in [3.8, 4) is 0 Å². The molecule has 0 aromatic heterocycles. The summed E-state index contributed by atoms with van der Waals surface area (Å²) in [5.74, 6) is -0.485. The number of ether oxygens (including phenoxy) is 1. The van der Waals surface area contributed by atoms with Crippen LogP contribution in [0.5, 0.6) is 0 Å². The van der Waals surface area contributed by atoms with Gasteiger partial charge in [-0.25, -0.2) is 4.79 Å². The Morgan fingerprint density at radius 1 is 1.12 bits per heavy atom. The van der Waals surface area contributed by atoms with Gasteiger partial charge in [0.2, 0.25) is 5.91 Å². The summed E-state index contributed by atoms with van der Waals surface area (Å²) in [6.45, 7) is 1.97. The Bertz CT molecular complexity index is 701. The van der Waals surface area contributed by atoms with E-state index >= 15 is 0 Å². The molecule has 0 saturated carbocycles. The highest BCUT2D eigenvalue weighted by atomic mass is 35.5. The molecule has 2 aromatic rings. The summed E-state index contributed by atoms with van der Waals surface area (Å²) >= 11 is 7.37. The topological polar surface area (TPSA) is 55.4 Å². The molecule has 2 aromatic carbocycles. The number of methoxy groups -OCH3 is 1. The quantitative estimate of drug-likeness (QED) is 0.600. The van der Waals surface area contributed by atoms with Crippen molar-refractivity contribution >= 4 is 40.9 Å². The van der Waals surface area contributed by atoms with E-state index in [2.05, 4.69) is 10.1 Å². The first-order valence-corrected chi connectivity index (χ1v) is 8.70. The van der Waals surface area contributed by atoms with Crippen LogP contribution in [0.25, 0.3) is 0 Å². The first-order chi connectivity index (χ1) is 11.5. The molecule has 0 heterocycles. The fourth-order valence-electron chi connectivity index (χ4n) is 2.03. The van der Waals surface area contributed by atoms with E-state index in [0.717, 1.165) is 4.90 Å². The van der Waals surface area contributed by atoms with Crippen LogP contribution in [0.3, 0.4) is 0 Å². The smallest absolute Gasteiger partial charge is 0.337 e. The largest absolute Gasteiger partial charge is 0.465 e. The Balaban J connectivity index is 2.00. The van der Waals surface area contributed by atoms with Crippen LogP contribution in [0, 0.1) is 0 Å². The maximum Gasteiger partial charge on any atom is 0.337 e. The van der Waals surface area contributed by atoms with E-state index in [-0.39, 0.29) is 11.2 Å². The SMILES string of the molecule is CC[C@H](Sc1ccc(Cl)cc1)C(=O)Nc1ccc(C(=O)OC)cc1. The summed E-state index contributed by atoms with van der Waals surface area (Å²) in [7, 11) is 1.33. The molecule has 1 amide bonds. The molecule has 1 N–H and O–H groups in total. The number of carbonyl (C=O) groups excluding carboxylic acids is 2. The molecule has 0 saturated heterocycles. The molecule has 0 fully saturated rings. The molecule has 0 bridgehead atoms. The maximum atomic E-state index is 12.4. The van der Waals surface area contributed by atoms with Crippen LogP contribution in [0.1, 0.15) is 23.7 Å². The molecular weight excluding hydrogens is 346 g/mol. The Kier molecular flexibility index (Phi) is 6.70. The van der Waals surface area contributed by atoms with Gasteiger partial charge in [-0.3, -0.25) is 4.79 Å². The molecule has 6 heteroatoms. The Morgan fingerprint density at radius 3 is 2.29 bits per heavy atom. The Morgan fingerprint density at radius 2 is 1.75 bits per heavy atom. The van der Waals surface area contributed by atoms with Gasteiger partial charge in [-0.05, 0) is 55.0 Å². The van der Waals surface area contributed by atoms with Crippen molar-refractivity contribution in [2.75, 3.05) is 12.4 Å². The van der Waals surface area contributed by atoms with Gasteiger partial charge in [0.05, 0.1) is 17.9 Å². The zero-order valence-electron chi connectivity index (χ0n) is 13.4. The predicted molar refractivity (Wildman–Crippen MR) is 97.8 cm³/mol. The van der Waals surface area contributed by atoms with E-state index in [0.29, 0.717) is 22.7 Å². The molecule has 0 radical (unpaired) electrons. The minimum Gasteiger partial charge on any atom is -0.465 e. The zero-order chi connectivity index (χ0) is 17.5. The number of thioether (sulfide) groups is 1. The second-order valence-electron chi connectivity index (χ2n) is 5.03. The van der Waals surface area contributed by atoms with Crippen LogP contribution < -0.4 is 5.32 Å². The number of nitrogens with one attached hydrogen (secondary N) is 1. The van der Waals surface area contributed by atoms with Gasteiger partial charge >= 0.3 is 5.97 Å². The number of esters is 1. The standard InChI is InChI=1S/C18H18ClNO3S/c1-3-16(24-15-10-6-13(19)7-11-15)17(21)20-14-8-4-12(5-9-14)18(22)23-2/h4-11,16H,3H2,1-2H3,(H,20,21)/t16-/m0/s1. The third-order valence-electron chi connectivity index (χ3n) is 3.33. The van der Waals surface area contributed by atoms with Gasteiger partial charge in [-0.15, -0.1) is 11.8 Å². The van der Waals surface area contributed by atoms with Crippen molar-refractivity contribution in [3.63, 3.8) is 0 Å². The molecular formula is C18H18ClNO3S. The summed E-state index contributed by atoms with van der Waals surface area (Å²) in [6.07, 6.45) is 0.694. The van der Waals surface area contributed by atoms with Crippen LogP contribution in [0.2, 0.25) is 5.02 Å². The lowest BCUT2D eigenvalue weighted by Crippen LogP contribution is -2.24. The predicted octanol–water partition coefficient (Wildman–Crippen LogP) is 4.64. The summed E-state index contributed by atoms with van der Waals surface area (Å²) in [4.78, 5) is 24.8. The van der Waals surface area contributed by atoms with Gasteiger partial charge in [-0.2, -0.15) is 0 Å². The first-order valence-electron chi connectivity index (χ1n) is 7.45. The number of benzene rings is 2. The van der Waals surface area contributed by atoms with Crippen molar-refractivity contribution in [2.24, 2.45) is 0 Å². The highest BCUT2D eigenvalue weighted by molar-refractivity contribution is 8.00. The highest BCUT2D eigenvalue weighted by Crippen LogP contribution is 2.27. The highest BCUT2D eigenvalue weighted by Gasteiger charge is 2.18. The summed E-state index contributed by atoms with van der Waals surface area (Å²) in [5, 5.41) is 3.32. The van der Waals surface area contributed by atoms with Crippen molar-refractivity contribution < 1.29 is 14.3 Å². The fourth-order valence-corrected chi connectivity index (χ4v) is 3.11. The number of anilines is 1. The summed E-state index contributed by atoms with van der Waals surface area (Å²) in [6, 6.07) is 14.0. The molecule has 0 aliphatic heterocycles. The van der Waals surface area contributed by atoms with E-state index in [1.54, 1.807) is 36.4 Å². The van der Waals surface area contributed by atoms with Gasteiger partial charge in [0.25, 0.3) is 0 Å². The summed E-state index contributed by atoms with van der Waals surface area (Å²) < 4.78 is 4.65. The van der Waals surface area contributed by atoms with E-state index < -0.39 is 5.97 Å². The lowest BCUT2D eigenvalue weighted by Gasteiger charge is -2.15. The summed E-state index contributed by atoms with van der Waals surface area (Å²) in [5.41, 5.74) is 1.08. The molecule has 126 valence electrons. The van der Waals surface area contributed by atoms with Crippen LogP contribution in [0.15, 0.2) is 53.4 Å². The van der Waals surface area contributed by atoms with Crippen LogP contribution in [-0.4, -0.2) is 24.2 Å². The van der Waals surface area contributed by atoms with E-state index in [1.807, 2.05) is 19.1 Å². The van der Waals surface area contributed by atoms with Crippen molar-refractivity contribution in [1.82, 2.24) is 0 Å². The van der Waals surface area contributed by atoms with Gasteiger partial charge < -0.3 is 10.1 Å². The van der Waals surface area contributed by atoms with E-state index in [1.165, 1.54) is 18.9 Å². The molecule has 0 spiro atoms. The monoisotopic (exact) mass is 363 g/mol. The van der Waals surface area contributed by atoms with Crippen molar-refractivity contribution in [3.05, 3.63) is 59.1 Å². The van der Waals surface area contributed by atoms with Crippen molar-refractivity contribution in [1.29, 1.82) is 0 Å². The molecule has 1 atom stereocenters. The normalized spacial score (nSPS) is 11.6. The molecule has 24 heavy (non-hydrogen) atoms. The lowest BCUT2D eigenvalue weighted by molar-refractivity contribution is -0.115. The van der Waals surface area contributed by atoms with Crippen LogP contribution in [0.4, 0.5) is 5.69 Å². The van der Waals surface area contributed by atoms with E-state index in [9.17, 15) is 9.59 Å². The molecule has 2 rings (SSSR count). The zero-order valence-corrected chi connectivity index (χ0v) is 15.0. The molecule has 4 nitrogen and oxygen atoms in total. The third kappa shape index (κ3) is 5.01. The minimum atomic E-state index is -0.405. The van der Waals surface area contributed by atoms with E-state index in [4.69, 9.17) is 11.6 Å². The number of amides is 1. The molecule has 0 unspecified atom stereocenters. The van der Waals surface area contributed by atoms with Gasteiger partial charge in [0, 0.05) is 15.6 Å². The molecule has 0 aliphatic carbocycles. The average molecular weight is 364 g/mol. The maximum absolute atomic E-state index is 12.4. The third-order valence-corrected chi connectivity index (χ3v) is 4.96. The number of hydrogen-bond donors (Lipinski definition) is 1. The van der Waals surface area contributed by atoms with Crippen LogP contribution in [-0.2, 0) is 9.53 Å². The number of rotatable bonds is 6. The fraction of sp³-hybridized carbons (Fsp3) is 0.222. The molecule has 0 aliphatic rings. The van der Waals surface area contributed by atoms with Crippen molar-refractivity contribution in [2.45, 2.75) is 23.5 Å². The second-order valence-corrected chi connectivity index (χ2v) is 6.74. The average Bonchev–Trinajstić information content (AvgIpc) is 2.61. The number of halogens is 1. The minimum absolute atomic E-state index is 0.0803. The van der Waals surface area contributed by atoms with Gasteiger partial charge in [-0.1, -0.05) is 18.5 Å². The second kappa shape index (κ2) is 8.76. The number of carbonyl (C=O) groups is 2. The Labute approximate surface area is 150 Å². The van der Waals surface area contributed by atoms with Gasteiger partial charge in [0.15, 0.2) is 0 Å². The van der Waals surface area contributed by atoms with Crippen LogP contribution >= 0.6 is 23.4 Å².